The van der Waals surface area contributed by atoms with Gasteiger partial charge < -0.3 is 14.6 Å². The molecular formula is C15H8O5. The third kappa shape index (κ3) is 1.21. The van der Waals surface area contributed by atoms with Crippen LogP contribution in [0.3, 0.4) is 0 Å². The Balaban J connectivity index is 2.06. The Kier molecular flexibility index (Phi) is 1.99. The number of carbonyl (C=O) groups excluding carboxylic acids is 2. The van der Waals surface area contributed by atoms with Gasteiger partial charge in [0.15, 0.2) is 23.1 Å². The number of ether oxygens (including phenoxy) is 2. The average Bonchev–Trinajstić information content (AvgIpc) is 2.93. The molecule has 98 valence electrons. The SMILES string of the molecule is O=C1c2ccccc2C(=O)c2c1cc1c(c2O)OCO1. The van der Waals surface area contributed by atoms with Gasteiger partial charge >= 0.3 is 0 Å². The number of fused-ring (bicyclic) bond motifs is 3. The predicted octanol–water partition coefficient (Wildman–Crippen LogP) is 1.90. The summed E-state index contributed by atoms with van der Waals surface area (Å²) < 4.78 is 10.3. The first kappa shape index (κ1) is 11.0. The largest absolute Gasteiger partial charge is 0.504 e. The molecule has 0 aromatic heterocycles. The second kappa shape index (κ2) is 3.60. The van der Waals surface area contributed by atoms with Crippen molar-refractivity contribution in [2.24, 2.45) is 0 Å². The van der Waals surface area contributed by atoms with Crippen LogP contribution in [0.25, 0.3) is 0 Å². The highest BCUT2D eigenvalue weighted by atomic mass is 16.7. The van der Waals surface area contributed by atoms with Gasteiger partial charge in [-0.3, -0.25) is 9.59 Å². The van der Waals surface area contributed by atoms with Crippen molar-refractivity contribution in [3.8, 4) is 17.2 Å². The van der Waals surface area contributed by atoms with Gasteiger partial charge in [-0.15, -0.1) is 0 Å². The molecule has 0 saturated heterocycles. The van der Waals surface area contributed by atoms with Crippen molar-refractivity contribution in [3.63, 3.8) is 0 Å². The molecule has 0 radical (unpaired) electrons. The molecule has 0 bridgehead atoms. The number of benzene rings is 2. The van der Waals surface area contributed by atoms with Gasteiger partial charge in [-0.2, -0.15) is 0 Å². The van der Waals surface area contributed by atoms with Gasteiger partial charge in [-0.25, -0.2) is 0 Å². The quantitative estimate of drug-likeness (QED) is 0.674. The van der Waals surface area contributed by atoms with E-state index >= 15 is 0 Å². The Hall–Kier alpha value is -2.82. The van der Waals surface area contributed by atoms with Crippen LogP contribution in [0.2, 0.25) is 0 Å². The molecule has 0 spiro atoms. The molecule has 2 aliphatic rings. The van der Waals surface area contributed by atoms with Crippen molar-refractivity contribution >= 4 is 11.6 Å². The van der Waals surface area contributed by atoms with E-state index in [2.05, 4.69) is 0 Å². The third-order valence-corrected chi connectivity index (χ3v) is 3.53. The summed E-state index contributed by atoms with van der Waals surface area (Å²) in [5.74, 6) is -0.622. The lowest BCUT2D eigenvalue weighted by Crippen LogP contribution is -2.20. The first-order valence-electron chi connectivity index (χ1n) is 6.02. The van der Waals surface area contributed by atoms with E-state index in [1.54, 1.807) is 24.3 Å². The molecule has 0 saturated carbocycles. The fraction of sp³-hybridized carbons (Fsp3) is 0.0667. The monoisotopic (exact) mass is 268 g/mol. The van der Waals surface area contributed by atoms with Crippen LogP contribution in [0.1, 0.15) is 31.8 Å². The Morgan fingerprint density at radius 2 is 1.65 bits per heavy atom. The maximum atomic E-state index is 12.5. The molecule has 5 nitrogen and oxygen atoms in total. The molecular weight excluding hydrogens is 260 g/mol. The van der Waals surface area contributed by atoms with Crippen molar-refractivity contribution in [3.05, 3.63) is 52.6 Å². The normalized spacial score (nSPS) is 15.0. The summed E-state index contributed by atoms with van der Waals surface area (Å²) in [6, 6.07) is 8.00. The number of phenolic OH excluding ortho intramolecular Hbond substituents is 1. The standard InChI is InChI=1S/C15H8O5/c16-12-7-3-1-2-4-8(7)13(17)11-9(12)5-10-15(14(11)18)20-6-19-10/h1-5,18H,6H2. The lowest BCUT2D eigenvalue weighted by molar-refractivity contribution is 0.0976. The predicted molar refractivity (Wildman–Crippen MR) is 67.5 cm³/mol. The highest BCUT2D eigenvalue weighted by molar-refractivity contribution is 6.29. The molecule has 1 heterocycles. The second-order valence-electron chi connectivity index (χ2n) is 4.59. The minimum atomic E-state index is -0.383. The highest BCUT2D eigenvalue weighted by Crippen LogP contribution is 2.46. The van der Waals surface area contributed by atoms with Crippen LogP contribution in [0.15, 0.2) is 30.3 Å². The molecule has 1 aliphatic heterocycles. The zero-order valence-electron chi connectivity index (χ0n) is 10.2. The van der Waals surface area contributed by atoms with E-state index in [1.165, 1.54) is 6.07 Å². The van der Waals surface area contributed by atoms with E-state index in [1.807, 2.05) is 0 Å². The van der Waals surface area contributed by atoms with E-state index in [4.69, 9.17) is 9.47 Å². The van der Waals surface area contributed by atoms with Crippen LogP contribution >= 0.6 is 0 Å². The van der Waals surface area contributed by atoms with Crippen molar-refractivity contribution in [1.29, 1.82) is 0 Å². The summed E-state index contributed by atoms with van der Waals surface area (Å²) in [5.41, 5.74) is 0.760. The lowest BCUT2D eigenvalue weighted by Gasteiger charge is -2.18. The molecule has 0 amide bonds. The Morgan fingerprint density at radius 1 is 0.950 bits per heavy atom. The number of aromatic hydroxyl groups is 1. The molecule has 4 rings (SSSR count). The average molecular weight is 268 g/mol. The number of carbonyl (C=O) groups is 2. The zero-order valence-corrected chi connectivity index (χ0v) is 10.2. The number of rotatable bonds is 0. The molecule has 2 aromatic carbocycles. The first-order valence-corrected chi connectivity index (χ1v) is 6.02. The fourth-order valence-corrected chi connectivity index (χ4v) is 2.59. The molecule has 0 atom stereocenters. The van der Waals surface area contributed by atoms with Crippen molar-refractivity contribution in [1.82, 2.24) is 0 Å². The molecule has 1 aliphatic carbocycles. The van der Waals surface area contributed by atoms with Gasteiger partial charge in [-0.05, 0) is 6.07 Å². The zero-order chi connectivity index (χ0) is 13.9. The fourth-order valence-electron chi connectivity index (χ4n) is 2.59. The summed E-state index contributed by atoms with van der Waals surface area (Å²) in [7, 11) is 0. The smallest absolute Gasteiger partial charge is 0.231 e. The van der Waals surface area contributed by atoms with Crippen LogP contribution < -0.4 is 9.47 Å². The minimum Gasteiger partial charge on any atom is -0.504 e. The maximum Gasteiger partial charge on any atom is 0.231 e. The molecule has 0 unspecified atom stereocenters. The third-order valence-electron chi connectivity index (χ3n) is 3.53. The summed E-state index contributed by atoms with van der Waals surface area (Å²) in [6.07, 6.45) is 0. The van der Waals surface area contributed by atoms with E-state index in [9.17, 15) is 14.7 Å². The van der Waals surface area contributed by atoms with Gasteiger partial charge in [0.2, 0.25) is 12.5 Å². The van der Waals surface area contributed by atoms with E-state index in [0.717, 1.165) is 0 Å². The summed E-state index contributed by atoms with van der Waals surface area (Å²) in [4.78, 5) is 24.9. The Labute approximate surface area is 113 Å². The lowest BCUT2D eigenvalue weighted by atomic mass is 9.83. The summed E-state index contributed by atoms with van der Waals surface area (Å²) in [5, 5.41) is 10.2. The number of hydrogen-bond acceptors (Lipinski definition) is 5. The number of ketones is 2. The molecule has 2 aromatic rings. The summed E-state index contributed by atoms with van der Waals surface area (Å²) >= 11 is 0. The number of phenols is 1. The maximum absolute atomic E-state index is 12.5. The van der Waals surface area contributed by atoms with Crippen LogP contribution in [0, 0.1) is 0 Å². The topological polar surface area (TPSA) is 72.8 Å². The molecule has 20 heavy (non-hydrogen) atoms. The van der Waals surface area contributed by atoms with Gasteiger partial charge in [0, 0.05) is 16.7 Å². The van der Waals surface area contributed by atoms with Crippen LogP contribution in [0.5, 0.6) is 17.2 Å². The highest BCUT2D eigenvalue weighted by Gasteiger charge is 2.36. The molecule has 1 N–H and O–H groups in total. The minimum absolute atomic E-state index is 0.0158. The van der Waals surface area contributed by atoms with Crippen molar-refractivity contribution < 1.29 is 24.2 Å². The Morgan fingerprint density at radius 3 is 2.40 bits per heavy atom. The Bertz CT molecular complexity index is 791. The summed E-state index contributed by atoms with van der Waals surface area (Å²) in [6.45, 7) is -0.0406. The second-order valence-corrected chi connectivity index (χ2v) is 4.59. The van der Waals surface area contributed by atoms with E-state index < -0.39 is 0 Å². The van der Waals surface area contributed by atoms with Gasteiger partial charge in [0.1, 0.15) is 0 Å². The molecule has 0 fully saturated rings. The van der Waals surface area contributed by atoms with Crippen molar-refractivity contribution in [2.45, 2.75) is 0 Å². The van der Waals surface area contributed by atoms with E-state index in [-0.39, 0.29) is 46.7 Å². The van der Waals surface area contributed by atoms with Gasteiger partial charge in [0.25, 0.3) is 0 Å². The van der Waals surface area contributed by atoms with Crippen LogP contribution in [0.4, 0.5) is 0 Å². The van der Waals surface area contributed by atoms with Gasteiger partial charge in [0.05, 0.1) is 5.56 Å². The van der Waals surface area contributed by atoms with Crippen molar-refractivity contribution in [2.75, 3.05) is 6.79 Å². The van der Waals surface area contributed by atoms with Crippen LogP contribution in [-0.2, 0) is 0 Å². The first-order chi connectivity index (χ1) is 9.68. The molecule has 5 heteroatoms. The van der Waals surface area contributed by atoms with Crippen LogP contribution in [-0.4, -0.2) is 23.5 Å². The number of hydrogen-bond donors (Lipinski definition) is 1. The van der Waals surface area contributed by atoms with E-state index in [0.29, 0.717) is 11.1 Å². The van der Waals surface area contributed by atoms with Gasteiger partial charge in [-0.1, -0.05) is 24.3 Å².